The van der Waals surface area contributed by atoms with Gasteiger partial charge in [-0.2, -0.15) is 4.37 Å². The van der Waals surface area contributed by atoms with Crippen LogP contribution in [0.1, 0.15) is 29.9 Å². The molecule has 1 amide bonds. The molecule has 4 rings (SSSR count). The number of piperidine rings is 1. The van der Waals surface area contributed by atoms with Gasteiger partial charge in [-0.05, 0) is 30.5 Å². The molecular formula is C21H23N5OS. The SMILES string of the molecule is O=C(NCc1ccccn1)[C@@H]1CCCN(c2nc(Cc3ccccc3)ns2)C1. The first kappa shape index (κ1) is 18.6. The maximum atomic E-state index is 12.6. The Morgan fingerprint density at radius 3 is 2.86 bits per heavy atom. The van der Waals surface area contributed by atoms with Crippen molar-refractivity contribution in [1.82, 2.24) is 19.7 Å². The third-order valence-electron chi connectivity index (χ3n) is 4.90. The van der Waals surface area contributed by atoms with Gasteiger partial charge in [-0.15, -0.1) is 0 Å². The number of hydrogen-bond acceptors (Lipinski definition) is 6. The molecule has 144 valence electrons. The van der Waals surface area contributed by atoms with E-state index in [0.29, 0.717) is 13.1 Å². The summed E-state index contributed by atoms with van der Waals surface area (Å²) in [4.78, 5) is 23.8. The Bertz CT molecular complexity index is 899. The van der Waals surface area contributed by atoms with Gasteiger partial charge in [0.15, 0.2) is 0 Å². The number of anilines is 1. The molecule has 1 saturated heterocycles. The molecular weight excluding hydrogens is 370 g/mol. The van der Waals surface area contributed by atoms with Gasteiger partial charge < -0.3 is 10.2 Å². The predicted octanol–water partition coefficient (Wildman–Crippen LogP) is 3.06. The fourth-order valence-corrected chi connectivity index (χ4v) is 4.13. The molecule has 3 aromatic rings. The quantitative estimate of drug-likeness (QED) is 0.697. The highest BCUT2D eigenvalue weighted by atomic mass is 32.1. The van der Waals surface area contributed by atoms with Crippen molar-refractivity contribution in [3.05, 3.63) is 71.8 Å². The molecule has 0 radical (unpaired) electrons. The van der Waals surface area contributed by atoms with Crippen LogP contribution in [0.2, 0.25) is 0 Å². The van der Waals surface area contributed by atoms with Crippen molar-refractivity contribution in [3.63, 3.8) is 0 Å². The van der Waals surface area contributed by atoms with E-state index < -0.39 is 0 Å². The molecule has 1 aromatic carbocycles. The minimum atomic E-state index is -0.0288. The van der Waals surface area contributed by atoms with Crippen molar-refractivity contribution in [3.8, 4) is 0 Å². The molecule has 2 aromatic heterocycles. The Kier molecular flexibility index (Phi) is 5.92. The van der Waals surface area contributed by atoms with Gasteiger partial charge in [0, 0.05) is 37.2 Å². The second kappa shape index (κ2) is 8.93. The maximum absolute atomic E-state index is 12.6. The Morgan fingerprint density at radius 1 is 1.18 bits per heavy atom. The van der Waals surface area contributed by atoms with E-state index in [2.05, 4.69) is 31.7 Å². The van der Waals surface area contributed by atoms with Crippen LogP contribution in [-0.4, -0.2) is 33.3 Å². The Balaban J connectivity index is 1.34. The van der Waals surface area contributed by atoms with E-state index in [4.69, 9.17) is 4.98 Å². The predicted molar refractivity (Wildman–Crippen MR) is 110 cm³/mol. The fraction of sp³-hybridized carbons (Fsp3) is 0.333. The first-order valence-corrected chi connectivity index (χ1v) is 10.3. The Hall–Kier alpha value is -2.80. The van der Waals surface area contributed by atoms with Crippen molar-refractivity contribution >= 4 is 22.6 Å². The summed E-state index contributed by atoms with van der Waals surface area (Å²) in [5, 5.41) is 3.93. The van der Waals surface area contributed by atoms with Crippen LogP contribution in [0.25, 0.3) is 0 Å². The highest BCUT2D eigenvalue weighted by Crippen LogP contribution is 2.25. The topological polar surface area (TPSA) is 71.0 Å². The summed E-state index contributed by atoms with van der Waals surface area (Å²) < 4.78 is 4.51. The standard InChI is InChI=1S/C21H23N5OS/c27-20(23-14-18-10-4-5-11-22-18)17-9-6-12-26(15-17)21-24-19(25-28-21)13-16-7-2-1-3-8-16/h1-5,7-8,10-11,17H,6,9,12-15H2,(H,23,27)/t17-/m1/s1. The number of hydrogen-bond donors (Lipinski definition) is 1. The summed E-state index contributed by atoms with van der Waals surface area (Å²) in [6.45, 7) is 2.08. The van der Waals surface area contributed by atoms with Crippen LogP contribution in [0.15, 0.2) is 54.7 Å². The average Bonchev–Trinajstić information content (AvgIpc) is 3.22. The molecule has 28 heavy (non-hydrogen) atoms. The largest absolute Gasteiger partial charge is 0.350 e. The number of nitrogens with one attached hydrogen (secondary N) is 1. The second-order valence-electron chi connectivity index (χ2n) is 6.98. The van der Waals surface area contributed by atoms with E-state index in [1.165, 1.54) is 17.1 Å². The molecule has 1 aliphatic rings. The summed E-state index contributed by atoms with van der Waals surface area (Å²) >= 11 is 1.42. The Morgan fingerprint density at radius 2 is 2.04 bits per heavy atom. The van der Waals surface area contributed by atoms with Crippen molar-refractivity contribution in [1.29, 1.82) is 0 Å². The molecule has 0 aliphatic carbocycles. The van der Waals surface area contributed by atoms with Crippen molar-refractivity contribution in [2.45, 2.75) is 25.8 Å². The van der Waals surface area contributed by atoms with E-state index in [0.717, 1.165) is 42.5 Å². The third-order valence-corrected chi connectivity index (χ3v) is 5.71. The minimum absolute atomic E-state index is 0.0288. The molecule has 1 N–H and O–H groups in total. The fourth-order valence-electron chi connectivity index (χ4n) is 3.41. The summed E-state index contributed by atoms with van der Waals surface area (Å²) in [5.41, 5.74) is 2.08. The van der Waals surface area contributed by atoms with Crippen LogP contribution in [0.5, 0.6) is 0 Å². The number of nitrogens with zero attached hydrogens (tertiary/aromatic N) is 4. The molecule has 0 unspecified atom stereocenters. The summed E-state index contributed by atoms with van der Waals surface area (Å²) in [6, 6.07) is 16.0. The van der Waals surface area contributed by atoms with Gasteiger partial charge in [0.1, 0.15) is 5.82 Å². The summed E-state index contributed by atoms with van der Waals surface area (Å²) in [5.74, 6) is 0.899. The molecule has 1 fully saturated rings. The number of benzene rings is 1. The lowest BCUT2D eigenvalue weighted by atomic mass is 9.97. The second-order valence-corrected chi connectivity index (χ2v) is 7.71. The summed E-state index contributed by atoms with van der Waals surface area (Å²) in [6.07, 6.45) is 4.36. The van der Waals surface area contributed by atoms with Crippen LogP contribution in [0.3, 0.4) is 0 Å². The monoisotopic (exact) mass is 393 g/mol. The van der Waals surface area contributed by atoms with E-state index in [9.17, 15) is 4.79 Å². The maximum Gasteiger partial charge on any atom is 0.225 e. The van der Waals surface area contributed by atoms with Gasteiger partial charge in [-0.3, -0.25) is 9.78 Å². The van der Waals surface area contributed by atoms with Crippen molar-refractivity contribution < 1.29 is 4.79 Å². The molecule has 3 heterocycles. The van der Waals surface area contributed by atoms with Gasteiger partial charge in [-0.1, -0.05) is 36.4 Å². The number of aromatic nitrogens is 3. The van der Waals surface area contributed by atoms with Crippen LogP contribution in [0, 0.1) is 5.92 Å². The highest BCUT2D eigenvalue weighted by Gasteiger charge is 2.27. The molecule has 1 aliphatic heterocycles. The first-order valence-electron chi connectivity index (χ1n) is 9.57. The van der Waals surface area contributed by atoms with Crippen LogP contribution in [0.4, 0.5) is 5.13 Å². The van der Waals surface area contributed by atoms with Crippen LogP contribution >= 0.6 is 11.5 Å². The average molecular weight is 394 g/mol. The number of rotatable bonds is 6. The van der Waals surface area contributed by atoms with E-state index >= 15 is 0 Å². The third kappa shape index (κ3) is 4.72. The minimum Gasteiger partial charge on any atom is -0.350 e. The van der Waals surface area contributed by atoms with Crippen molar-refractivity contribution in [2.75, 3.05) is 18.0 Å². The molecule has 7 heteroatoms. The first-order chi connectivity index (χ1) is 13.8. The normalized spacial score (nSPS) is 16.7. The van der Waals surface area contributed by atoms with Crippen LogP contribution in [-0.2, 0) is 17.8 Å². The van der Waals surface area contributed by atoms with Crippen LogP contribution < -0.4 is 10.2 Å². The summed E-state index contributed by atoms with van der Waals surface area (Å²) in [7, 11) is 0. The zero-order chi connectivity index (χ0) is 19.2. The zero-order valence-corrected chi connectivity index (χ0v) is 16.4. The number of amides is 1. The lowest BCUT2D eigenvalue weighted by Gasteiger charge is -2.31. The van der Waals surface area contributed by atoms with Gasteiger partial charge in [0.05, 0.1) is 18.2 Å². The molecule has 6 nitrogen and oxygen atoms in total. The lowest BCUT2D eigenvalue weighted by Crippen LogP contribution is -2.43. The van der Waals surface area contributed by atoms with E-state index in [1.54, 1.807) is 6.20 Å². The number of pyridine rings is 1. The van der Waals surface area contributed by atoms with Crippen molar-refractivity contribution in [2.24, 2.45) is 5.92 Å². The van der Waals surface area contributed by atoms with E-state index in [-0.39, 0.29) is 11.8 Å². The number of carbonyl (C=O) groups is 1. The lowest BCUT2D eigenvalue weighted by molar-refractivity contribution is -0.125. The van der Waals surface area contributed by atoms with Gasteiger partial charge in [-0.25, -0.2) is 4.98 Å². The molecule has 1 atom stereocenters. The van der Waals surface area contributed by atoms with Gasteiger partial charge in [0.25, 0.3) is 0 Å². The smallest absolute Gasteiger partial charge is 0.225 e. The molecule has 0 bridgehead atoms. The molecule has 0 saturated carbocycles. The van der Waals surface area contributed by atoms with E-state index in [1.807, 2.05) is 36.4 Å². The zero-order valence-electron chi connectivity index (χ0n) is 15.6. The highest BCUT2D eigenvalue weighted by molar-refractivity contribution is 7.09. The molecule has 0 spiro atoms. The Labute approximate surface area is 168 Å². The van der Waals surface area contributed by atoms with Gasteiger partial charge in [0.2, 0.25) is 11.0 Å². The van der Waals surface area contributed by atoms with Gasteiger partial charge >= 0.3 is 0 Å². The number of carbonyl (C=O) groups excluding carboxylic acids is 1.